The van der Waals surface area contributed by atoms with E-state index in [1.54, 1.807) is 0 Å². The molecule has 0 atom stereocenters. The molecule has 99 valence electrons. The van der Waals surface area contributed by atoms with Crippen molar-refractivity contribution in [2.24, 2.45) is 0 Å². The lowest BCUT2D eigenvalue weighted by atomic mass is 10.1. The van der Waals surface area contributed by atoms with Gasteiger partial charge in [-0.3, -0.25) is 10.1 Å². The van der Waals surface area contributed by atoms with Gasteiger partial charge in [-0.05, 0) is 26.6 Å². The van der Waals surface area contributed by atoms with E-state index in [2.05, 4.69) is 58.9 Å². The molecule has 0 aliphatic heterocycles. The minimum absolute atomic E-state index is 1.37. The van der Waals surface area contributed by atoms with Crippen molar-refractivity contribution in [3.63, 3.8) is 0 Å². The predicted octanol–water partition coefficient (Wildman–Crippen LogP) is 0.145. The molecule has 0 aliphatic rings. The predicted molar refractivity (Wildman–Crippen MR) is 50.4 cm³/mol. The van der Waals surface area contributed by atoms with Gasteiger partial charge >= 0.3 is 21.7 Å². The van der Waals surface area contributed by atoms with E-state index in [4.69, 9.17) is 10.5 Å². The molecule has 0 saturated heterocycles. The molecule has 9 heteroatoms. The first kappa shape index (κ1) is 19.8. The molecule has 0 aliphatic carbocycles. The van der Waals surface area contributed by atoms with Gasteiger partial charge in [0.05, 0.1) is 0 Å². The van der Waals surface area contributed by atoms with Gasteiger partial charge in [-0.15, -0.1) is 0 Å². The SMILES string of the molecule is CCCCCCC[CH2][Mg+2].[O-]OOOOOO[O-]. The lowest BCUT2D eigenvalue weighted by Crippen LogP contribution is -2.10. The zero-order valence-corrected chi connectivity index (χ0v) is 11.3. The zero-order chi connectivity index (χ0) is 13.2. The molecule has 0 unspecified atom stereocenters. The van der Waals surface area contributed by atoms with Crippen molar-refractivity contribution >= 4 is 21.7 Å². The number of unbranched alkanes of at least 4 members (excludes halogenated alkanes) is 5. The van der Waals surface area contributed by atoms with Gasteiger partial charge < -0.3 is 10.5 Å². The van der Waals surface area contributed by atoms with Gasteiger partial charge in [0.2, 0.25) is 0 Å². The van der Waals surface area contributed by atoms with Crippen molar-refractivity contribution < 1.29 is 40.7 Å². The second kappa shape index (κ2) is 21.7. The molecule has 7 radical (unpaired) electrons. The molecule has 0 amide bonds. The van der Waals surface area contributed by atoms with Gasteiger partial charge in [0.1, 0.15) is 0 Å². The summed E-state index contributed by atoms with van der Waals surface area (Å²) in [5, 5.41) is 35.0. The molecular weight excluding hydrogens is 248 g/mol. The quantitative estimate of drug-likeness (QED) is 0.225. The Morgan fingerprint density at radius 3 is 1.65 bits per heavy atom. The zero-order valence-electron chi connectivity index (χ0n) is 9.92. The topological polar surface area (TPSA) is 102 Å². The fourth-order valence-electron chi connectivity index (χ4n) is 1.00. The van der Waals surface area contributed by atoms with Crippen molar-refractivity contribution in [2.75, 3.05) is 0 Å². The summed E-state index contributed by atoms with van der Waals surface area (Å²) in [7, 11) is 0. The van der Waals surface area contributed by atoms with E-state index in [1.807, 2.05) is 0 Å². The minimum Gasteiger partial charge on any atom is -0.689 e. The minimum atomic E-state index is 1.37. The highest BCUT2D eigenvalue weighted by Gasteiger charge is 2.19. The lowest BCUT2D eigenvalue weighted by molar-refractivity contribution is -0.937. The van der Waals surface area contributed by atoms with Crippen LogP contribution >= 0.6 is 0 Å². The molecule has 0 aromatic heterocycles. The van der Waals surface area contributed by atoms with Crippen molar-refractivity contribution in [3.05, 3.63) is 0 Å². The normalized spacial score (nSPS) is 9.88. The third-order valence-electron chi connectivity index (χ3n) is 1.74. The van der Waals surface area contributed by atoms with Crippen molar-refractivity contribution in [1.29, 1.82) is 0 Å². The fourth-order valence-corrected chi connectivity index (χ4v) is 1.36. The summed E-state index contributed by atoms with van der Waals surface area (Å²) < 4.78 is 1.39. The first-order valence-electron chi connectivity index (χ1n) is 5.37. The fraction of sp³-hybridized carbons (Fsp3) is 1.00. The first-order valence-corrected chi connectivity index (χ1v) is 6.37. The summed E-state index contributed by atoms with van der Waals surface area (Å²) in [6.45, 7) is 2.27. The van der Waals surface area contributed by atoms with E-state index in [0.717, 1.165) is 0 Å². The van der Waals surface area contributed by atoms with Gasteiger partial charge in [0.25, 0.3) is 4.55 Å². The van der Waals surface area contributed by atoms with Crippen LogP contribution in [-0.4, -0.2) is 21.7 Å². The third kappa shape index (κ3) is 26.2. The summed E-state index contributed by atoms with van der Waals surface area (Å²) >= 11 is 2.09. The van der Waals surface area contributed by atoms with Crippen LogP contribution in [0.2, 0.25) is 4.55 Å². The molecular formula is C8H17MgO8. The maximum Gasteiger partial charge on any atom is 1.41 e. The molecule has 0 fully saturated rings. The first-order chi connectivity index (χ1) is 8.33. The highest BCUT2D eigenvalue weighted by atomic mass is 24.4. The van der Waals surface area contributed by atoms with Gasteiger partial charge in [-0.1, -0.05) is 32.6 Å². The smallest absolute Gasteiger partial charge is 0.689 e. The Hall–Kier alpha value is 0.446. The van der Waals surface area contributed by atoms with Crippen LogP contribution in [-0.2, 0) is 30.2 Å². The second-order valence-electron chi connectivity index (χ2n) is 3.03. The van der Waals surface area contributed by atoms with Crippen LogP contribution < -0.4 is 10.5 Å². The average molecular weight is 266 g/mol. The van der Waals surface area contributed by atoms with Crippen molar-refractivity contribution in [1.82, 2.24) is 0 Å². The molecule has 0 heterocycles. The van der Waals surface area contributed by atoms with E-state index in [0.29, 0.717) is 0 Å². The summed E-state index contributed by atoms with van der Waals surface area (Å²) in [4.78, 5) is 0. The molecule has 0 rings (SSSR count). The van der Waals surface area contributed by atoms with Gasteiger partial charge in [0.15, 0.2) is 0 Å². The summed E-state index contributed by atoms with van der Waals surface area (Å²) in [5.74, 6) is 0. The summed E-state index contributed by atoms with van der Waals surface area (Å²) in [6.07, 6.45) is 8.64. The summed E-state index contributed by atoms with van der Waals surface area (Å²) in [6, 6.07) is 0. The maximum absolute atomic E-state index is 8.79. The van der Waals surface area contributed by atoms with Crippen LogP contribution in [0.15, 0.2) is 0 Å². The maximum atomic E-state index is 8.79. The van der Waals surface area contributed by atoms with Crippen molar-refractivity contribution in [2.45, 2.75) is 50.0 Å². The molecule has 0 saturated carbocycles. The van der Waals surface area contributed by atoms with Crippen LogP contribution in [0.25, 0.3) is 0 Å². The Labute approximate surface area is 113 Å². The van der Waals surface area contributed by atoms with Crippen molar-refractivity contribution in [3.8, 4) is 0 Å². The van der Waals surface area contributed by atoms with Gasteiger partial charge in [-0.25, -0.2) is 0 Å². The van der Waals surface area contributed by atoms with Crippen LogP contribution in [0.5, 0.6) is 0 Å². The van der Waals surface area contributed by atoms with Crippen LogP contribution in [0, 0.1) is 0 Å². The Bertz CT molecular complexity index is 106. The molecule has 0 spiro atoms. The van der Waals surface area contributed by atoms with Crippen LogP contribution in [0.3, 0.4) is 0 Å². The molecule has 0 aromatic carbocycles. The lowest BCUT2D eigenvalue weighted by Gasteiger charge is -2.02. The molecule has 17 heavy (non-hydrogen) atoms. The molecule has 0 bridgehead atoms. The van der Waals surface area contributed by atoms with E-state index in [9.17, 15) is 0 Å². The molecule has 8 nitrogen and oxygen atoms in total. The van der Waals surface area contributed by atoms with Gasteiger partial charge in [-0.2, -0.15) is 0 Å². The number of hydrogen-bond donors (Lipinski definition) is 0. The largest absolute Gasteiger partial charge is 1.41 e. The standard InChI is InChI=1S/C8H17.Mg.H2O8/c1-3-5-7-8-6-4-2;;1-3-5-7-8-6-4-2/h1,3-8H2,2H3;;1-2H/q;+2;/p-2. The Balaban J connectivity index is 0. The van der Waals surface area contributed by atoms with Gasteiger partial charge in [0, 0.05) is 6.42 Å². The number of rotatable bonds is 11. The highest BCUT2D eigenvalue weighted by Crippen LogP contribution is 2.05. The summed E-state index contributed by atoms with van der Waals surface area (Å²) in [5.41, 5.74) is 0. The monoisotopic (exact) mass is 265 g/mol. The highest BCUT2D eigenvalue weighted by molar-refractivity contribution is 6.08. The Morgan fingerprint density at radius 1 is 0.765 bits per heavy atom. The third-order valence-corrected chi connectivity index (χ3v) is 2.24. The van der Waals surface area contributed by atoms with Crippen LogP contribution in [0.1, 0.15) is 45.4 Å². The Morgan fingerprint density at radius 2 is 1.24 bits per heavy atom. The number of hydrogen-bond acceptors (Lipinski definition) is 8. The van der Waals surface area contributed by atoms with Crippen LogP contribution in [0.4, 0.5) is 0 Å². The second-order valence-corrected chi connectivity index (χ2v) is 3.74. The molecule has 0 N–H and O–H groups in total. The average Bonchev–Trinajstić information content (AvgIpc) is 2.36. The molecule has 0 aromatic rings. The van der Waals surface area contributed by atoms with E-state index < -0.39 is 0 Å². The Kier molecular flexibility index (Phi) is 25.2. The van der Waals surface area contributed by atoms with E-state index in [-0.39, 0.29) is 0 Å². The van der Waals surface area contributed by atoms with E-state index >= 15 is 0 Å². The van der Waals surface area contributed by atoms with E-state index in [1.165, 1.54) is 43.1 Å².